The lowest BCUT2D eigenvalue weighted by Gasteiger charge is -2.14. The number of methoxy groups -OCH3 is 1. The van der Waals surface area contributed by atoms with Crippen LogP contribution < -0.4 is 20.7 Å². The predicted molar refractivity (Wildman–Crippen MR) is 114 cm³/mol. The van der Waals surface area contributed by atoms with Gasteiger partial charge in [-0.15, -0.1) is 0 Å². The van der Waals surface area contributed by atoms with Gasteiger partial charge in [0.15, 0.2) is 11.3 Å². The molecule has 0 spiro atoms. The van der Waals surface area contributed by atoms with Gasteiger partial charge in [0.1, 0.15) is 16.0 Å². The first-order chi connectivity index (χ1) is 14.0. The third-order valence-corrected chi connectivity index (χ3v) is 5.68. The van der Waals surface area contributed by atoms with Gasteiger partial charge in [-0.25, -0.2) is 4.79 Å². The fourth-order valence-electron chi connectivity index (χ4n) is 3.25. The summed E-state index contributed by atoms with van der Waals surface area (Å²) in [4.78, 5) is 27.2. The first-order valence-corrected chi connectivity index (χ1v) is 9.90. The molecule has 0 amide bonds. The van der Waals surface area contributed by atoms with Gasteiger partial charge in [0.2, 0.25) is 0 Å². The largest absolute Gasteiger partial charge is 0.497 e. The van der Waals surface area contributed by atoms with Crippen molar-refractivity contribution >= 4 is 33.6 Å². The van der Waals surface area contributed by atoms with E-state index in [4.69, 9.17) is 13.9 Å². The number of nitrogens with zero attached hydrogens (tertiary/aromatic N) is 1. The summed E-state index contributed by atoms with van der Waals surface area (Å²) in [5.41, 5.74) is -0.00261. The van der Waals surface area contributed by atoms with Gasteiger partial charge in [0.25, 0.3) is 5.56 Å². The first kappa shape index (κ1) is 19.1. The Morgan fingerprint density at radius 2 is 1.86 bits per heavy atom. The van der Waals surface area contributed by atoms with Crippen molar-refractivity contribution in [2.24, 2.45) is 7.05 Å². The second kappa shape index (κ2) is 7.67. The molecule has 0 aliphatic heterocycles. The van der Waals surface area contributed by atoms with Gasteiger partial charge in [-0.05, 0) is 37.3 Å². The molecule has 4 rings (SSSR count). The average molecular weight is 409 g/mol. The summed E-state index contributed by atoms with van der Waals surface area (Å²) >= 11 is 1.22. The minimum absolute atomic E-state index is 0.202. The van der Waals surface area contributed by atoms with Crippen molar-refractivity contribution in [1.29, 1.82) is 0 Å². The van der Waals surface area contributed by atoms with E-state index in [-0.39, 0.29) is 27.2 Å². The Morgan fingerprint density at radius 1 is 1.10 bits per heavy atom. The van der Waals surface area contributed by atoms with Gasteiger partial charge in [-0.1, -0.05) is 30.0 Å². The van der Waals surface area contributed by atoms with Crippen LogP contribution in [-0.4, -0.2) is 18.3 Å². The van der Waals surface area contributed by atoms with Crippen LogP contribution in [0.4, 0.5) is 0 Å². The van der Waals surface area contributed by atoms with Crippen LogP contribution >= 0.6 is 11.8 Å². The summed E-state index contributed by atoms with van der Waals surface area (Å²) in [6.07, 6.45) is 0. The zero-order valence-electron chi connectivity index (χ0n) is 16.2. The molecule has 6 nitrogen and oxygen atoms in total. The molecule has 0 unspecified atom stereocenters. The Labute approximate surface area is 170 Å². The molecule has 0 aliphatic rings. The maximum Gasteiger partial charge on any atom is 0.354 e. The van der Waals surface area contributed by atoms with Crippen molar-refractivity contribution in [3.8, 4) is 11.5 Å². The highest BCUT2D eigenvalue weighted by Crippen LogP contribution is 2.38. The van der Waals surface area contributed by atoms with E-state index in [0.717, 1.165) is 4.90 Å². The highest BCUT2D eigenvalue weighted by Gasteiger charge is 2.23. The molecule has 0 atom stereocenters. The molecule has 148 valence electrons. The molecule has 2 aromatic carbocycles. The third-order valence-electron chi connectivity index (χ3n) is 4.62. The topological polar surface area (TPSA) is 70.7 Å². The number of aromatic nitrogens is 1. The summed E-state index contributed by atoms with van der Waals surface area (Å²) in [6.45, 7) is 2.12. The van der Waals surface area contributed by atoms with Gasteiger partial charge in [0, 0.05) is 17.3 Å². The summed E-state index contributed by atoms with van der Waals surface area (Å²) in [5.74, 6) is 0.846. The molecule has 0 saturated heterocycles. The highest BCUT2D eigenvalue weighted by molar-refractivity contribution is 7.99. The van der Waals surface area contributed by atoms with Crippen molar-refractivity contribution in [2.45, 2.75) is 16.7 Å². The first-order valence-electron chi connectivity index (χ1n) is 9.08. The summed E-state index contributed by atoms with van der Waals surface area (Å²) in [5, 5.41) is 0.851. The number of ether oxygens (including phenoxy) is 2. The van der Waals surface area contributed by atoms with E-state index in [0.29, 0.717) is 23.3 Å². The second-order valence-corrected chi connectivity index (χ2v) is 7.43. The molecule has 0 saturated carbocycles. The van der Waals surface area contributed by atoms with Crippen LogP contribution in [0.5, 0.6) is 11.5 Å². The van der Waals surface area contributed by atoms with E-state index >= 15 is 0 Å². The molecule has 4 aromatic rings. The van der Waals surface area contributed by atoms with E-state index in [1.165, 1.54) is 16.3 Å². The van der Waals surface area contributed by atoms with E-state index in [1.54, 1.807) is 32.4 Å². The standard InChI is InChI=1S/C22H19NO5S/c1-4-27-19-17-18(28-22(25)20(19)29-14-8-6-5-7-9-14)15-12-13(26-3)10-11-16(15)23(2)21(17)24/h5-12H,4H2,1-3H3. The molecule has 2 heterocycles. The number of pyridine rings is 1. The minimum atomic E-state index is -0.549. The Morgan fingerprint density at radius 3 is 2.55 bits per heavy atom. The zero-order valence-corrected chi connectivity index (χ0v) is 17.0. The maximum absolute atomic E-state index is 13.2. The van der Waals surface area contributed by atoms with Crippen molar-refractivity contribution in [2.75, 3.05) is 13.7 Å². The molecule has 29 heavy (non-hydrogen) atoms. The SMILES string of the molecule is CCOc1c(Sc2ccccc2)c(=O)oc2c1c(=O)n(C)c1ccc(OC)cc21. The number of hydrogen-bond donors (Lipinski definition) is 0. The lowest BCUT2D eigenvalue weighted by molar-refractivity contribution is 0.330. The Bertz CT molecular complexity index is 1320. The second-order valence-electron chi connectivity index (χ2n) is 6.35. The third kappa shape index (κ3) is 3.27. The van der Waals surface area contributed by atoms with Crippen molar-refractivity contribution < 1.29 is 13.9 Å². The molecule has 2 aromatic heterocycles. The van der Waals surface area contributed by atoms with Gasteiger partial charge in [-0.2, -0.15) is 0 Å². The van der Waals surface area contributed by atoms with E-state index in [2.05, 4.69) is 0 Å². The number of rotatable bonds is 5. The molecule has 0 aliphatic carbocycles. The van der Waals surface area contributed by atoms with E-state index < -0.39 is 5.63 Å². The zero-order chi connectivity index (χ0) is 20.5. The van der Waals surface area contributed by atoms with E-state index in [1.807, 2.05) is 37.3 Å². The van der Waals surface area contributed by atoms with Gasteiger partial charge in [0.05, 0.1) is 19.2 Å². The quantitative estimate of drug-likeness (QED) is 0.460. The lowest BCUT2D eigenvalue weighted by atomic mass is 10.1. The fourth-order valence-corrected chi connectivity index (χ4v) is 4.16. The molecule has 0 radical (unpaired) electrons. The molecule has 7 heteroatoms. The molecular weight excluding hydrogens is 390 g/mol. The monoisotopic (exact) mass is 409 g/mol. The van der Waals surface area contributed by atoms with Crippen molar-refractivity contribution in [3.63, 3.8) is 0 Å². The van der Waals surface area contributed by atoms with Crippen molar-refractivity contribution in [3.05, 3.63) is 69.3 Å². The van der Waals surface area contributed by atoms with Gasteiger partial charge in [-0.3, -0.25) is 4.79 Å². The highest BCUT2D eigenvalue weighted by atomic mass is 32.2. The van der Waals surface area contributed by atoms with Crippen LogP contribution in [0.25, 0.3) is 21.9 Å². The molecule has 0 fully saturated rings. The van der Waals surface area contributed by atoms with Crippen LogP contribution in [0.15, 0.2) is 72.3 Å². The normalized spacial score (nSPS) is 11.1. The van der Waals surface area contributed by atoms with Crippen molar-refractivity contribution in [1.82, 2.24) is 4.57 Å². The van der Waals surface area contributed by atoms with Crippen LogP contribution in [0.2, 0.25) is 0 Å². The van der Waals surface area contributed by atoms with E-state index in [9.17, 15) is 9.59 Å². The van der Waals surface area contributed by atoms with Gasteiger partial charge >= 0.3 is 5.63 Å². The molecule has 0 N–H and O–H groups in total. The number of benzene rings is 2. The summed E-state index contributed by atoms with van der Waals surface area (Å²) < 4.78 is 18.3. The average Bonchev–Trinajstić information content (AvgIpc) is 2.74. The number of fused-ring (bicyclic) bond motifs is 3. The fraction of sp³-hybridized carbons (Fsp3) is 0.182. The Balaban J connectivity index is 2.12. The van der Waals surface area contributed by atoms with Crippen LogP contribution in [0.1, 0.15) is 6.92 Å². The van der Waals surface area contributed by atoms with Gasteiger partial charge < -0.3 is 18.5 Å². The molecule has 0 bridgehead atoms. The maximum atomic E-state index is 13.2. The summed E-state index contributed by atoms with van der Waals surface area (Å²) in [7, 11) is 3.24. The Hall–Kier alpha value is -3.19. The number of hydrogen-bond acceptors (Lipinski definition) is 6. The van der Waals surface area contributed by atoms with Crippen LogP contribution in [0, 0.1) is 0 Å². The Kier molecular flexibility index (Phi) is 5.07. The summed E-state index contributed by atoms with van der Waals surface area (Å²) in [6, 6.07) is 14.7. The smallest absolute Gasteiger partial charge is 0.354 e. The minimum Gasteiger partial charge on any atom is -0.497 e. The lowest BCUT2D eigenvalue weighted by Crippen LogP contribution is -2.20. The van der Waals surface area contributed by atoms with Crippen LogP contribution in [-0.2, 0) is 7.05 Å². The predicted octanol–water partition coefficient (Wildman–Crippen LogP) is 4.20. The number of aryl methyl sites for hydroxylation is 1. The van der Waals surface area contributed by atoms with Crippen LogP contribution in [0.3, 0.4) is 0 Å². The molecular formula is C22H19NO5S.